The van der Waals surface area contributed by atoms with Gasteiger partial charge < -0.3 is 9.40 Å². The van der Waals surface area contributed by atoms with E-state index in [4.69, 9.17) is 16.4 Å². The molecular formula is C21H13ClN2O5. The van der Waals surface area contributed by atoms with Crippen molar-refractivity contribution in [2.45, 2.75) is 6.54 Å². The van der Waals surface area contributed by atoms with Crippen LogP contribution in [0, 0.1) is 0 Å². The van der Waals surface area contributed by atoms with Crippen molar-refractivity contribution in [3.05, 3.63) is 104 Å². The summed E-state index contributed by atoms with van der Waals surface area (Å²) in [5, 5.41) is 0.912. The Morgan fingerprint density at radius 2 is 1.48 bits per heavy atom. The maximum atomic E-state index is 12.5. The zero-order valence-corrected chi connectivity index (χ0v) is 15.6. The minimum atomic E-state index is -0.938. The molecule has 2 heterocycles. The topological polar surface area (TPSA) is 85.7 Å². The lowest BCUT2D eigenvalue weighted by molar-refractivity contribution is -0.0585. The van der Waals surface area contributed by atoms with Crippen molar-refractivity contribution in [2.75, 3.05) is 0 Å². The maximum absolute atomic E-state index is 12.5. The summed E-state index contributed by atoms with van der Waals surface area (Å²) in [6.45, 7) is 0.145. The van der Waals surface area contributed by atoms with Crippen LogP contribution >= 0.6 is 11.6 Å². The first-order chi connectivity index (χ1) is 14.0. The van der Waals surface area contributed by atoms with Gasteiger partial charge in [-0.1, -0.05) is 47.0 Å². The zero-order chi connectivity index (χ0) is 20.5. The smallest absolute Gasteiger partial charge is 0.324 e. The predicted molar refractivity (Wildman–Crippen MR) is 104 cm³/mol. The number of amides is 2. The van der Waals surface area contributed by atoms with E-state index in [9.17, 15) is 19.2 Å². The molecule has 2 aromatic carbocycles. The fourth-order valence-corrected chi connectivity index (χ4v) is 3.17. The van der Waals surface area contributed by atoms with Crippen molar-refractivity contribution in [1.29, 1.82) is 0 Å². The Labute approximate surface area is 169 Å². The number of carbonyl (C=O) groups is 3. The molecule has 0 fully saturated rings. The summed E-state index contributed by atoms with van der Waals surface area (Å²) >= 11 is 6.13. The average Bonchev–Trinajstić information content (AvgIpc) is 2.96. The van der Waals surface area contributed by atoms with E-state index in [-0.39, 0.29) is 28.8 Å². The number of hydrogen-bond acceptors (Lipinski definition) is 5. The minimum absolute atomic E-state index is 0.00760. The zero-order valence-electron chi connectivity index (χ0n) is 14.9. The fourth-order valence-electron chi connectivity index (χ4n) is 2.97. The van der Waals surface area contributed by atoms with Gasteiger partial charge in [0.25, 0.3) is 17.4 Å². The van der Waals surface area contributed by atoms with Gasteiger partial charge in [-0.3, -0.25) is 14.4 Å². The molecule has 8 heteroatoms. The number of aromatic nitrogens is 1. The second-order valence-corrected chi connectivity index (χ2v) is 6.71. The Morgan fingerprint density at radius 3 is 2.14 bits per heavy atom. The van der Waals surface area contributed by atoms with Gasteiger partial charge in [0.05, 0.1) is 23.2 Å². The van der Waals surface area contributed by atoms with Gasteiger partial charge in [0.1, 0.15) is 0 Å². The summed E-state index contributed by atoms with van der Waals surface area (Å²) in [5.41, 5.74) is 0.681. The van der Waals surface area contributed by atoms with Gasteiger partial charge in [-0.05, 0) is 29.8 Å². The van der Waals surface area contributed by atoms with E-state index in [0.29, 0.717) is 15.6 Å². The van der Waals surface area contributed by atoms with Crippen molar-refractivity contribution in [1.82, 2.24) is 9.63 Å². The van der Waals surface area contributed by atoms with E-state index >= 15 is 0 Å². The first kappa shape index (κ1) is 18.6. The van der Waals surface area contributed by atoms with E-state index in [1.807, 2.05) is 0 Å². The van der Waals surface area contributed by atoms with Crippen molar-refractivity contribution in [3.8, 4) is 0 Å². The van der Waals surface area contributed by atoms with Crippen LogP contribution in [0.2, 0.25) is 5.02 Å². The van der Waals surface area contributed by atoms with Gasteiger partial charge in [-0.2, -0.15) is 0 Å². The summed E-state index contributed by atoms with van der Waals surface area (Å²) in [4.78, 5) is 54.4. The number of pyridine rings is 1. The van der Waals surface area contributed by atoms with Crippen molar-refractivity contribution in [2.24, 2.45) is 0 Å². The molecule has 1 aliphatic rings. The van der Waals surface area contributed by atoms with Crippen LogP contribution in [0.4, 0.5) is 0 Å². The summed E-state index contributed by atoms with van der Waals surface area (Å²) in [6, 6.07) is 15.7. The quantitative estimate of drug-likeness (QED) is 0.619. The number of nitrogens with zero attached hydrogens (tertiary/aromatic N) is 2. The number of hydroxylamine groups is 2. The van der Waals surface area contributed by atoms with Gasteiger partial charge >= 0.3 is 5.97 Å². The third kappa shape index (κ3) is 3.43. The number of benzene rings is 2. The molecule has 0 saturated carbocycles. The highest BCUT2D eigenvalue weighted by molar-refractivity contribution is 6.31. The van der Waals surface area contributed by atoms with Gasteiger partial charge in [-0.15, -0.1) is 0 Å². The Morgan fingerprint density at radius 1 is 0.862 bits per heavy atom. The maximum Gasteiger partial charge on any atom is 0.365 e. The predicted octanol–water partition coefficient (Wildman–Crippen LogP) is 2.92. The number of rotatable bonds is 4. The monoisotopic (exact) mass is 408 g/mol. The molecule has 0 radical (unpaired) electrons. The molecule has 0 bridgehead atoms. The Hall–Kier alpha value is -3.71. The molecule has 2 amide bonds. The second kappa shape index (κ2) is 7.37. The molecule has 4 rings (SSSR count). The van der Waals surface area contributed by atoms with Gasteiger partial charge in [-0.25, -0.2) is 4.79 Å². The summed E-state index contributed by atoms with van der Waals surface area (Å²) in [6.07, 6.45) is 1.30. The molecule has 29 heavy (non-hydrogen) atoms. The molecule has 3 aromatic rings. The highest BCUT2D eigenvalue weighted by Gasteiger charge is 2.38. The Balaban J connectivity index is 1.57. The molecule has 1 aliphatic heterocycles. The van der Waals surface area contributed by atoms with E-state index in [2.05, 4.69) is 0 Å². The largest absolute Gasteiger partial charge is 0.365 e. The van der Waals surface area contributed by atoms with Gasteiger partial charge in [0, 0.05) is 17.3 Å². The molecule has 1 aromatic heterocycles. The summed E-state index contributed by atoms with van der Waals surface area (Å²) < 4.78 is 1.29. The van der Waals surface area contributed by atoms with E-state index < -0.39 is 17.8 Å². The van der Waals surface area contributed by atoms with E-state index in [1.165, 1.54) is 35.0 Å². The molecule has 144 valence electrons. The first-order valence-corrected chi connectivity index (χ1v) is 8.97. The lowest BCUT2D eigenvalue weighted by Gasteiger charge is -2.13. The number of carbonyl (C=O) groups excluding carboxylic acids is 3. The first-order valence-electron chi connectivity index (χ1n) is 8.60. The average molecular weight is 409 g/mol. The molecule has 0 saturated heterocycles. The van der Waals surface area contributed by atoms with Crippen LogP contribution in [0.3, 0.4) is 0 Å². The third-order valence-corrected chi connectivity index (χ3v) is 4.82. The second-order valence-electron chi connectivity index (χ2n) is 6.30. The van der Waals surface area contributed by atoms with Crippen LogP contribution in [0.15, 0.2) is 71.7 Å². The van der Waals surface area contributed by atoms with E-state index in [1.54, 1.807) is 36.4 Å². The SMILES string of the molecule is O=C(ON1C(=O)c2ccccc2C1=O)c1ccc(=O)n(Cc2ccccc2Cl)c1. The van der Waals surface area contributed by atoms with Crippen LogP contribution in [0.1, 0.15) is 36.6 Å². The van der Waals surface area contributed by atoms with Crippen molar-refractivity contribution in [3.63, 3.8) is 0 Å². The van der Waals surface area contributed by atoms with Crippen molar-refractivity contribution >= 4 is 29.4 Å². The van der Waals surface area contributed by atoms with Gasteiger partial charge in [0.15, 0.2) is 0 Å². The number of fused-ring (bicyclic) bond motifs is 1. The lowest BCUT2D eigenvalue weighted by atomic mass is 10.1. The minimum Gasteiger partial charge on any atom is -0.324 e. The number of halogens is 1. The number of hydrogen-bond donors (Lipinski definition) is 0. The van der Waals surface area contributed by atoms with Crippen LogP contribution in [-0.4, -0.2) is 27.4 Å². The summed E-state index contributed by atoms with van der Waals surface area (Å²) in [7, 11) is 0. The van der Waals surface area contributed by atoms with E-state index in [0.717, 1.165) is 0 Å². The summed E-state index contributed by atoms with van der Waals surface area (Å²) in [5.74, 6) is -2.38. The van der Waals surface area contributed by atoms with Crippen LogP contribution in [-0.2, 0) is 11.4 Å². The molecule has 0 N–H and O–H groups in total. The van der Waals surface area contributed by atoms with Crippen LogP contribution < -0.4 is 5.56 Å². The molecule has 7 nitrogen and oxygen atoms in total. The highest BCUT2D eigenvalue weighted by atomic mass is 35.5. The normalized spacial score (nSPS) is 12.8. The molecular weight excluding hydrogens is 396 g/mol. The standard InChI is InChI=1S/C21H13ClN2O5/c22-17-8-4-1-5-13(17)11-23-12-14(9-10-18(23)25)21(28)29-24-19(26)15-6-2-3-7-16(15)20(24)27/h1-10,12H,11H2. The lowest BCUT2D eigenvalue weighted by Crippen LogP contribution is -2.33. The highest BCUT2D eigenvalue weighted by Crippen LogP contribution is 2.23. The number of imide groups is 1. The fraction of sp³-hybridized carbons (Fsp3) is 0.0476. The Kier molecular flexibility index (Phi) is 4.74. The molecule has 0 atom stereocenters. The van der Waals surface area contributed by atoms with Gasteiger partial charge in [0.2, 0.25) is 0 Å². The third-order valence-electron chi connectivity index (χ3n) is 4.45. The Bertz CT molecular complexity index is 1180. The van der Waals surface area contributed by atoms with Crippen LogP contribution in [0.5, 0.6) is 0 Å². The molecule has 0 aliphatic carbocycles. The van der Waals surface area contributed by atoms with Crippen LogP contribution in [0.25, 0.3) is 0 Å². The van der Waals surface area contributed by atoms with Crippen molar-refractivity contribution < 1.29 is 19.2 Å². The molecule has 0 unspecified atom stereocenters. The molecule has 0 spiro atoms.